The molecule has 4 heteroatoms. The van der Waals surface area contributed by atoms with Gasteiger partial charge in [0, 0.05) is 28.8 Å². The van der Waals surface area contributed by atoms with E-state index in [0.717, 1.165) is 22.4 Å². The molecule has 0 bridgehead atoms. The highest BCUT2D eigenvalue weighted by Crippen LogP contribution is 2.27. The fourth-order valence-corrected chi connectivity index (χ4v) is 2.53. The van der Waals surface area contributed by atoms with Gasteiger partial charge in [0.1, 0.15) is 11.6 Å². The zero-order valence-corrected chi connectivity index (χ0v) is 11.4. The van der Waals surface area contributed by atoms with Crippen molar-refractivity contribution in [1.29, 1.82) is 0 Å². The number of hydrogen-bond donors (Lipinski definition) is 1. The van der Waals surface area contributed by atoms with Gasteiger partial charge in [-0.25, -0.2) is 8.78 Å². The summed E-state index contributed by atoms with van der Waals surface area (Å²) in [4.78, 5) is 1.13. The van der Waals surface area contributed by atoms with E-state index in [0.29, 0.717) is 12.1 Å². The van der Waals surface area contributed by atoms with Gasteiger partial charge in [0.15, 0.2) is 0 Å². The monoisotopic (exact) mass is 279 g/mol. The van der Waals surface area contributed by atoms with Crippen molar-refractivity contribution in [3.8, 4) is 0 Å². The van der Waals surface area contributed by atoms with Crippen molar-refractivity contribution in [2.75, 3.05) is 11.1 Å². The molecule has 1 N–H and O–H groups in total. The first-order valence-electron chi connectivity index (χ1n) is 6.10. The second-order valence-electron chi connectivity index (χ2n) is 4.02. The van der Waals surface area contributed by atoms with E-state index in [1.165, 1.54) is 12.1 Å². The number of rotatable bonds is 5. The van der Waals surface area contributed by atoms with Crippen molar-refractivity contribution in [2.45, 2.75) is 18.4 Å². The van der Waals surface area contributed by atoms with E-state index in [-0.39, 0.29) is 0 Å². The predicted octanol–water partition coefficient (Wildman–Crippen LogP) is 4.69. The lowest BCUT2D eigenvalue weighted by Crippen LogP contribution is -2.03. The summed E-state index contributed by atoms with van der Waals surface area (Å²) in [6, 6.07) is 11.5. The van der Waals surface area contributed by atoms with E-state index in [2.05, 4.69) is 12.2 Å². The molecular formula is C15H15F2NS. The topological polar surface area (TPSA) is 12.0 Å². The van der Waals surface area contributed by atoms with E-state index in [1.54, 1.807) is 11.8 Å². The first kappa shape index (κ1) is 13.9. The molecule has 0 unspecified atom stereocenters. The van der Waals surface area contributed by atoms with Crippen molar-refractivity contribution in [3.05, 3.63) is 59.7 Å². The number of para-hydroxylation sites is 1. The van der Waals surface area contributed by atoms with Crippen LogP contribution < -0.4 is 5.32 Å². The Morgan fingerprint density at radius 1 is 1.11 bits per heavy atom. The minimum absolute atomic E-state index is 0.341. The third kappa shape index (κ3) is 3.70. The SMILES string of the molecule is CCSc1ccccc1NCc1ccc(F)cc1F. The van der Waals surface area contributed by atoms with Crippen molar-refractivity contribution in [3.63, 3.8) is 0 Å². The Labute approximate surface area is 116 Å². The van der Waals surface area contributed by atoms with Gasteiger partial charge < -0.3 is 5.32 Å². The van der Waals surface area contributed by atoms with Gasteiger partial charge in [0.25, 0.3) is 0 Å². The van der Waals surface area contributed by atoms with Gasteiger partial charge in [-0.1, -0.05) is 25.1 Å². The van der Waals surface area contributed by atoms with Crippen LogP contribution in [0.2, 0.25) is 0 Å². The molecule has 2 aromatic carbocycles. The molecule has 100 valence electrons. The molecule has 0 aliphatic rings. The van der Waals surface area contributed by atoms with E-state index >= 15 is 0 Å². The summed E-state index contributed by atoms with van der Waals surface area (Å²) >= 11 is 1.73. The second kappa shape index (κ2) is 6.57. The van der Waals surface area contributed by atoms with E-state index in [1.807, 2.05) is 24.3 Å². The van der Waals surface area contributed by atoms with Crippen LogP contribution in [0.5, 0.6) is 0 Å². The van der Waals surface area contributed by atoms with Crippen LogP contribution in [0.25, 0.3) is 0 Å². The number of nitrogens with one attached hydrogen (secondary N) is 1. The molecule has 0 spiro atoms. The molecule has 0 aromatic heterocycles. The van der Waals surface area contributed by atoms with Gasteiger partial charge in [-0.05, 0) is 24.0 Å². The highest BCUT2D eigenvalue weighted by molar-refractivity contribution is 7.99. The normalized spacial score (nSPS) is 10.5. The first-order chi connectivity index (χ1) is 9.20. The minimum atomic E-state index is -0.553. The molecule has 0 saturated heterocycles. The summed E-state index contributed by atoms with van der Waals surface area (Å²) in [6.07, 6.45) is 0. The Morgan fingerprint density at radius 2 is 1.89 bits per heavy atom. The zero-order chi connectivity index (χ0) is 13.7. The molecule has 0 saturated carbocycles. The van der Waals surface area contributed by atoms with Crippen LogP contribution in [-0.4, -0.2) is 5.75 Å². The van der Waals surface area contributed by atoms with Gasteiger partial charge in [-0.3, -0.25) is 0 Å². The maximum atomic E-state index is 13.5. The molecule has 2 rings (SSSR count). The molecule has 0 atom stereocenters. The van der Waals surface area contributed by atoms with Gasteiger partial charge >= 0.3 is 0 Å². The van der Waals surface area contributed by atoms with Crippen LogP contribution in [0.15, 0.2) is 47.4 Å². The average molecular weight is 279 g/mol. The van der Waals surface area contributed by atoms with Crippen LogP contribution in [0, 0.1) is 11.6 Å². The summed E-state index contributed by atoms with van der Waals surface area (Å²) in [6.45, 7) is 2.43. The smallest absolute Gasteiger partial charge is 0.131 e. The summed E-state index contributed by atoms with van der Waals surface area (Å²) in [5, 5.41) is 3.19. The number of anilines is 1. The Kier molecular flexibility index (Phi) is 4.80. The fraction of sp³-hybridized carbons (Fsp3) is 0.200. The van der Waals surface area contributed by atoms with Crippen LogP contribution in [-0.2, 0) is 6.54 Å². The molecule has 1 nitrogen and oxygen atoms in total. The first-order valence-corrected chi connectivity index (χ1v) is 7.09. The summed E-state index contributed by atoms with van der Waals surface area (Å²) in [7, 11) is 0. The molecule has 2 aromatic rings. The van der Waals surface area contributed by atoms with Gasteiger partial charge in [-0.2, -0.15) is 0 Å². The lowest BCUT2D eigenvalue weighted by atomic mass is 10.2. The van der Waals surface area contributed by atoms with E-state index in [9.17, 15) is 8.78 Å². The molecular weight excluding hydrogens is 264 g/mol. The number of benzene rings is 2. The summed E-state index contributed by atoms with van der Waals surface area (Å²) in [5.41, 5.74) is 1.43. The molecule has 0 amide bonds. The van der Waals surface area contributed by atoms with Gasteiger partial charge in [-0.15, -0.1) is 11.8 Å². The fourth-order valence-electron chi connectivity index (χ4n) is 1.75. The summed E-state index contributed by atoms with van der Waals surface area (Å²) < 4.78 is 26.3. The third-order valence-electron chi connectivity index (χ3n) is 2.67. The highest BCUT2D eigenvalue weighted by atomic mass is 32.2. The Morgan fingerprint density at radius 3 is 2.63 bits per heavy atom. The highest BCUT2D eigenvalue weighted by Gasteiger charge is 2.05. The van der Waals surface area contributed by atoms with Crippen molar-refractivity contribution in [1.82, 2.24) is 0 Å². The number of halogens is 2. The van der Waals surface area contributed by atoms with Crippen molar-refractivity contribution >= 4 is 17.4 Å². The Bertz CT molecular complexity index is 558. The van der Waals surface area contributed by atoms with Crippen LogP contribution in [0.3, 0.4) is 0 Å². The second-order valence-corrected chi connectivity index (χ2v) is 5.32. The van der Waals surface area contributed by atoms with E-state index in [4.69, 9.17) is 0 Å². The quantitative estimate of drug-likeness (QED) is 0.797. The lowest BCUT2D eigenvalue weighted by Gasteiger charge is -2.11. The van der Waals surface area contributed by atoms with Crippen LogP contribution in [0.1, 0.15) is 12.5 Å². The summed E-state index contributed by atoms with van der Waals surface area (Å²) in [5.74, 6) is -0.0971. The molecule has 0 heterocycles. The molecule has 0 aliphatic carbocycles. The molecule has 19 heavy (non-hydrogen) atoms. The standard InChI is InChI=1S/C15H15F2NS/c1-2-19-15-6-4-3-5-14(15)18-10-11-7-8-12(16)9-13(11)17/h3-9,18H,2,10H2,1H3. The Balaban J connectivity index is 2.10. The van der Waals surface area contributed by atoms with Crippen molar-refractivity contribution < 1.29 is 8.78 Å². The Hall–Kier alpha value is -1.55. The van der Waals surface area contributed by atoms with Crippen molar-refractivity contribution in [2.24, 2.45) is 0 Å². The average Bonchev–Trinajstić information content (AvgIpc) is 2.40. The third-order valence-corrected chi connectivity index (χ3v) is 3.63. The maximum absolute atomic E-state index is 13.5. The lowest BCUT2D eigenvalue weighted by molar-refractivity contribution is 0.574. The zero-order valence-electron chi connectivity index (χ0n) is 10.6. The van der Waals surface area contributed by atoms with Gasteiger partial charge in [0.05, 0.1) is 0 Å². The maximum Gasteiger partial charge on any atom is 0.131 e. The van der Waals surface area contributed by atoms with Gasteiger partial charge in [0.2, 0.25) is 0 Å². The molecule has 0 fully saturated rings. The predicted molar refractivity (Wildman–Crippen MR) is 76.5 cm³/mol. The van der Waals surface area contributed by atoms with Crippen LogP contribution >= 0.6 is 11.8 Å². The number of hydrogen-bond acceptors (Lipinski definition) is 2. The largest absolute Gasteiger partial charge is 0.380 e. The van der Waals surface area contributed by atoms with Crippen LogP contribution in [0.4, 0.5) is 14.5 Å². The molecule has 0 radical (unpaired) electrons. The number of thioether (sulfide) groups is 1. The molecule has 0 aliphatic heterocycles. The minimum Gasteiger partial charge on any atom is -0.380 e. The van der Waals surface area contributed by atoms with E-state index < -0.39 is 11.6 Å².